The van der Waals surface area contributed by atoms with Gasteiger partial charge >= 0.3 is 0 Å². The third kappa shape index (κ3) is 4.82. The number of halogens is 1. The molecule has 0 spiro atoms. The van der Waals surface area contributed by atoms with Crippen molar-refractivity contribution in [3.63, 3.8) is 0 Å². The summed E-state index contributed by atoms with van der Waals surface area (Å²) in [7, 11) is 5.94. The molecule has 0 aliphatic carbocycles. The number of benzene rings is 2. The summed E-state index contributed by atoms with van der Waals surface area (Å²) in [5.74, 6) is 0.249. The topological polar surface area (TPSA) is 95.4 Å². The Morgan fingerprint density at radius 2 is 2.00 bits per heavy atom. The van der Waals surface area contributed by atoms with Gasteiger partial charge in [0.2, 0.25) is 11.9 Å². The van der Waals surface area contributed by atoms with Crippen LogP contribution in [0.1, 0.15) is 16.8 Å². The molecule has 4 aromatic rings. The third-order valence-electron chi connectivity index (χ3n) is 6.36. The quantitative estimate of drug-likeness (QED) is 0.411. The number of aromatic nitrogens is 3. The number of hydrogen-bond donors (Lipinski definition) is 2. The summed E-state index contributed by atoms with van der Waals surface area (Å²) in [5.41, 5.74) is 2.86. The van der Waals surface area contributed by atoms with Crippen molar-refractivity contribution in [2.24, 2.45) is 7.05 Å². The Morgan fingerprint density at radius 1 is 1.17 bits per heavy atom. The number of aryl methyl sites for hydroxylation is 1. The second-order valence-corrected chi connectivity index (χ2v) is 10.3. The molecule has 0 radical (unpaired) electrons. The Morgan fingerprint density at radius 3 is 2.77 bits per heavy atom. The molecule has 0 unspecified atom stereocenters. The lowest BCUT2D eigenvalue weighted by atomic mass is 10.2. The van der Waals surface area contributed by atoms with Crippen molar-refractivity contribution < 1.29 is 9.59 Å². The first kappa shape index (κ1) is 23.5. The first-order valence-electron chi connectivity index (χ1n) is 11.3. The minimum Gasteiger partial charge on any atom is -0.343 e. The van der Waals surface area contributed by atoms with Gasteiger partial charge in [-0.2, -0.15) is 0 Å². The Kier molecular flexibility index (Phi) is 6.35. The van der Waals surface area contributed by atoms with Gasteiger partial charge in [-0.05, 0) is 56.9 Å². The van der Waals surface area contributed by atoms with Gasteiger partial charge in [0.1, 0.15) is 0 Å². The second kappa shape index (κ2) is 9.44. The number of amides is 2. The second-order valence-electron chi connectivity index (χ2n) is 8.88. The van der Waals surface area contributed by atoms with E-state index in [-0.39, 0.29) is 18.4 Å². The van der Waals surface area contributed by atoms with Gasteiger partial charge in [-0.15, -0.1) is 0 Å². The highest BCUT2D eigenvalue weighted by molar-refractivity contribution is 7.22. The highest BCUT2D eigenvalue weighted by Crippen LogP contribution is 2.31. The zero-order valence-corrected chi connectivity index (χ0v) is 21.3. The standard InChI is InChI=1S/C24H26ClN7O2S/c1-30(2)16-8-9-32(13-16)21(33)12-26-22(34)14-4-7-19-18(10-14)27-23(31(19)3)29-24-28-17-6-5-15(25)11-20(17)35-24/h4-7,10-11,16H,8-9,12-13H2,1-3H3,(H,26,34)(H,27,28,29)/t16-/m0/s1. The first-order valence-corrected chi connectivity index (χ1v) is 12.5. The van der Waals surface area contributed by atoms with E-state index in [0.717, 1.165) is 28.7 Å². The van der Waals surface area contributed by atoms with Crippen LogP contribution in [0.2, 0.25) is 5.02 Å². The molecule has 2 aromatic heterocycles. The van der Waals surface area contributed by atoms with Gasteiger partial charge in [-0.25, -0.2) is 9.97 Å². The summed E-state index contributed by atoms with van der Waals surface area (Å²) in [6, 6.07) is 11.3. The summed E-state index contributed by atoms with van der Waals surface area (Å²) in [6.45, 7) is 1.39. The number of anilines is 2. The van der Waals surface area contributed by atoms with Crippen molar-refractivity contribution in [2.45, 2.75) is 12.5 Å². The smallest absolute Gasteiger partial charge is 0.251 e. The largest absolute Gasteiger partial charge is 0.343 e. The molecule has 3 heterocycles. The van der Waals surface area contributed by atoms with Crippen molar-refractivity contribution in [3.8, 4) is 0 Å². The molecule has 182 valence electrons. The number of nitrogens with one attached hydrogen (secondary N) is 2. The molecule has 11 heteroatoms. The van der Waals surface area contributed by atoms with E-state index >= 15 is 0 Å². The molecule has 0 bridgehead atoms. The molecule has 2 N–H and O–H groups in total. The summed E-state index contributed by atoms with van der Waals surface area (Å²) in [6.07, 6.45) is 0.949. The Bertz CT molecular complexity index is 1430. The van der Waals surface area contributed by atoms with Gasteiger partial charge in [0.25, 0.3) is 5.91 Å². The van der Waals surface area contributed by atoms with Crippen LogP contribution in [0.3, 0.4) is 0 Å². The van der Waals surface area contributed by atoms with Crippen molar-refractivity contribution in [3.05, 3.63) is 47.0 Å². The fraction of sp³-hybridized carbons (Fsp3) is 0.333. The molecule has 5 rings (SSSR count). The molecule has 2 amide bonds. The van der Waals surface area contributed by atoms with E-state index in [1.54, 1.807) is 17.0 Å². The first-order chi connectivity index (χ1) is 16.8. The summed E-state index contributed by atoms with van der Waals surface area (Å²) in [4.78, 5) is 38.4. The molecule has 1 atom stereocenters. The summed E-state index contributed by atoms with van der Waals surface area (Å²) < 4.78 is 2.90. The van der Waals surface area contributed by atoms with E-state index in [4.69, 9.17) is 11.6 Å². The SMILES string of the molecule is CN(C)[C@H]1CCN(C(=O)CNC(=O)c2ccc3c(c2)nc(Nc2nc4ccc(Cl)cc4s2)n3C)C1. The van der Waals surface area contributed by atoms with E-state index < -0.39 is 0 Å². The van der Waals surface area contributed by atoms with Gasteiger partial charge in [-0.1, -0.05) is 22.9 Å². The number of carbonyl (C=O) groups excluding carboxylic acids is 2. The Balaban J connectivity index is 1.27. The fourth-order valence-corrected chi connectivity index (χ4v) is 5.40. The normalized spacial score (nSPS) is 15.9. The van der Waals surface area contributed by atoms with E-state index in [1.165, 1.54) is 11.3 Å². The number of imidazole rings is 1. The molecular weight excluding hydrogens is 486 g/mol. The maximum absolute atomic E-state index is 12.7. The highest BCUT2D eigenvalue weighted by atomic mass is 35.5. The van der Waals surface area contributed by atoms with Gasteiger partial charge < -0.3 is 25.0 Å². The molecule has 2 aromatic carbocycles. The number of rotatable bonds is 6. The molecule has 1 aliphatic rings. The molecule has 1 saturated heterocycles. The average Bonchev–Trinajstić information content (AvgIpc) is 3.55. The number of likely N-dealkylation sites (N-methyl/N-ethyl adjacent to an activating group) is 1. The lowest BCUT2D eigenvalue weighted by molar-refractivity contribution is -0.129. The van der Waals surface area contributed by atoms with Crippen LogP contribution < -0.4 is 10.6 Å². The minimum absolute atomic E-state index is 0.0202. The van der Waals surface area contributed by atoms with Gasteiger partial charge in [0.15, 0.2) is 5.13 Å². The minimum atomic E-state index is -0.299. The van der Waals surface area contributed by atoms with Gasteiger partial charge in [-0.3, -0.25) is 9.59 Å². The summed E-state index contributed by atoms with van der Waals surface area (Å²) >= 11 is 7.57. The predicted octanol–water partition coefficient (Wildman–Crippen LogP) is 3.47. The maximum atomic E-state index is 12.7. The summed E-state index contributed by atoms with van der Waals surface area (Å²) in [5, 5.41) is 7.39. The third-order valence-corrected chi connectivity index (χ3v) is 7.53. The van der Waals surface area contributed by atoms with Crippen molar-refractivity contribution in [1.82, 2.24) is 29.7 Å². The molecular formula is C24H26ClN7O2S. The van der Waals surface area contributed by atoms with Crippen molar-refractivity contribution in [2.75, 3.05) is 39.0 Å². The van der Waals surface area contributed by atoms with E-state index in [9.17, 15) is 9.59 Å². The Labute approximate surface area is 211 Å². The molecule has 9 nitrogen and oxygen atoms in total. The maximum Gasteiger partial charge on any atom is 0.251 e. The lowest BCUT2D eigenvalue weighted by Crippen LogP contribution is -2.40. The van der Waals surface area contributed by atoms with Crippen LogP contribution in [0.25, 0.3) is 21.3 Å². The van der Waals surface area contributed by atoms with Crippen LogP contribution in [0.15, 0.2) is 36.4 Å². The number of carbonyl (C=O) groups is 2. The zero-order chi connectivity index (χ0) is 24.7. The molecule has 35 heavy (non-hydrogen) atoms. The average molecular weight is 512 g/mol. The van der Waals surface area contributed by atoms with Crippen LogP contribution in [0, 0.1) is 0 Å². The predicted molar refractivity (Wildman–Crippen MR) is 140 cm³/mol. The number of fused-ring (bicyclic) bond motifs is 2. The Hall–Kier alpha value is -3.21. The number of hydrogen-bond acceptors (Lipinski definition) is 7. The van der Waals surface area contributed by atoms with Crippen molar-refractivity contribution in [1.29, 1.82) is 0 Å². The monoisotopic (exact) mass is 511 g/mol. The van der Waals surface area contributed by atoms with Gasteiger partial charge in [0, 0.05) is 36.8 Å². The van der Waals surface area contributed by atoms with Crippen LogP contribution in [0.4, 0.5) is 11.1 Å². The fourth-order valence-electron chi connectivity index (χ4n) is 4.26. The zero-order valence-electron chi connectivity index (χ0n) is 19.7. The highest BCUT2D eigenvalue weighted by Gasteiger charge is 2.27. The van der Waals surface area contributed by atoms with Crippen LogP contribution in [-0.4, -0.2) is 75.9 Å². The number of nitrogens with zero attached hydrogens (tertiary/aromatic N) is 5. The van der Waals surface area contributed by atoms with Crippen LogP contribution in [-0.2, 0) is 11.8 Å². The number of likely N-dealkylation sites (tertiary alicyclic amines) is 1. The van der Waals surface area contributed by atoms with Crippen molar-refractivity contribution >= 4 is 67.1 Å². The van der Waals surface area contributed by atoms with E-state index in [1.807, 2.05) is 50.0 Å². The van der Waals surface area contributed by atoms with E-state index in [2.05, 4.69) is 25.5 Å². The van der Waals surface area contributed by atoms with Crippen LogP contribution >= 0.6 is 22.9 Å². The van der Waals surface area contributed by atoms with E-state index in [0.29, 0.717) is 39.8 Å². The molecule has 0 saturated carbocycles. The van der Waals surface area contributed by atoms with Crippen LogP contribution in [0.5, 0.6) is 0 Å². The lowest BCUT2D eigenvalue weighted by Gasteiger charge is -2.20. The molecule has 1 aliphatic heterocycles. The number of thiazole rings is 1. The van der Waals surface area contributed by atoms with Gasteiger partial charge in [0.05, 0.1) is 27.8 Å². The molecule has 1 fully saturated rings.